The largest absolute Gasteiger partial charge is 0.461 e. The first-order valence-corrected chi connectivity index (χ1v) is 9.34. The number of rotatable bonds is 6. The van der Waals surface area contributed by atoms with Crippen LogP contribution in [0.4, 0.5) is 4.79 Å². The summed E-state index contributed by atoms with van der Waals surface area (Å²) in [5.74, 6) is 1.51. The molecule has 0 aliphatic heterocycles. The summed E-state index contributed by atoms with van der Waals surface area (Å²) >= 11 is 1.45. The fourth-order valence-corrected chi connectivity index (χ4v) is 4.00. The Morgan fingerprint density at radius 3 is 2.80 bits per heavy atom. The van der Waals surface area contributed by atoms with Crippen molar-refractivity contribution in [3.05, 3.63) is 18.4 Å². The number of nitrogens with one attached hydrogen (secondary N) is 1. The summed E-state index contributed by atoms with van der Waals surface area (Å²) in [6.45, 7) is 0. The van der Waals surface area contributed by atoms with Crippen LogP contribution in [0.2, 0.25) is 0 Å². The number of primary amides is 1. The minimum atomic E-state index is -0.833. The van der Waals surface area contributed by atoms with E-state index in [1.807, 2.05) is 12.1 Å². The number of aromatic nitrogens is 3. The number of amides is 3. The molecule has 1 aliphatic rings. The van der Waals surface area contributed by atoms with Gasteiger partial charge in [0.05, 0.1) is 6.26 Å². The first kappa shape index (κ1) is 17.5. The van der Waals surface area contributed by atoms with Gasteiger partial charge < -0.3 is 10.2 Å². The second-order valence-electron chi connectivity index (χ2n) is 5.96. The number of hydrogen-bond acceptors (Lipinski definition) is 6. The minimum absolute atomic E-state index is 0.182. The van der Waals surface area contributed by atoms with E-state index in [2.05, 4.69) is 20.1 Å². The smallest absolute Gasteiger partial charge is 0.318 e. The van der Waals surface area contributed by atoms with Gasteiger partial charge in [-0.3, -0.25) is 14.7 Å². The van der Waals surface area contributed by atoms with Crippen molar-refractivity contribution in [1.29, 1.82) is 0 Å². The third-order valence-corrected chi connectivity index (χ3v) is 5.11. The molecule has 25 heavy (non-hydrogen) atoms. The number of nitrogens with zero attached hydrogens (tertiary/aromatic N) is 3. The number of urea groups is 1. The fourth-order valence-electron chi connectivity index (χ4n) is 3.05. The van der Waals surface area contributed by atoms with Crippen LogP contribution in [-0.4, -0.2) is 32.5 Å². The Hall–Kier alpha value is -2.29. The van der Waals surface area contributed by atoms with Gasteiger partial charge >= 0.3 is 6.03 Å². The van der Waals surface area contributed by atoms with Crippen molar-refractivity contribution >= 4 is 23.7 Å². The van der Waals surface area contributed by atoms with E-state index in [9.17, 15) is 9.59 Å². The van der Waals surface area contributed by atoms with Crippen LogP contribution in [0, 0.1) is 0 Å². The highest BCUT2D eigenvalue weighted by molar-refractivity contribution is 7.99. The van der Waals surface area contributed by atoms with Gasteiger partial charge in [0, 0.05) is 18.2 Å². The molecule has 2 aromatic rings. The monoisotopic (exact) mass is 363 g/mol. The molecule has 0 atom stereocenters. The van der Waals surface area contributed by atoms with Gasteiger partial charge in [0.2, 0.25) is 11.7 Å². The number of furan rings is 1. The molecule has 0 radical (unpaired) electrons. The molecular weight excluding hydrogens is 342 g/mol. The van der Waals surface area contributed by atoms with Gasteiger partial charge in [0.15, 0.2) is 10.9 Å². The quantitative estimate of drug-likeness (QED) is 0.762. The molecule has 0 aromatic carbocycles. The van der Waals surface area contributed by atoms with Gasteiger partial charge in [-0.15, -0.1) is 10.2 Å². The van der Waals surface area contributed by atoms with Gasteiger partial charge in [-0.1, -0.05) is 31.0 Å². The maximum absolute atomic E-state index is 11.5. The van der Waals surface area contributed by atoms with Crippen LogP contribution in [0.5, 0.6) is 0 Å². The molecule has 9 heteroatoms. The predicted molar refractivity (Wildman–Crippen MR) is 92.9 cm³/mol. The molecular formula is C16H21N5O3S. The summed E-state index contributed by atoms with van der Waals surface area (Å²) < 4.78 is 7.64. The van der Waals surface area contributed by atoms with Gasteiger partial charge in [0.25, 0.3) is 0 Å². The molecule has 0 spiro atoms. The van der Waals surface area contributed by atoms with Gasteiger partial charge in [0.1, 0.15) is 0 Å². The Kier molecular flexibility index (Phi) is 5.75. The fraction of sp³-hybridized carbons (Fsp3) is 0.500. The van der Waals surface area contributed by atoms with Crippen molar-refractivity contribution in [2.45, 2.75) is 49.7 Å². The number of carbonyl (C=O) groups is 2. The minimum Gasteiger partial charge on any atom is -0.461 e. The van der Waals surface area contributed by atoms with Gasteiger partial charge in [-0.25, -0.2) is 4.79 Å². The Morgan fingerprint density at radius 1 is 1.32 bits per heavy atom. The molecule has 1 fully saturated rings. The van der Waals surface area contributed by atoms with Crippen LogP contribution in [0.25, 0.3) is 11.6 Å². The molecule has 0 saturated heterocycles. The summed E-state index contributed by atoms with van der Waals surface area (Å²) in [7, 11) is 0. The average molecular weight is 363 g/mol. The molecule has 0 unspecified atom stereocenters. The maximum atomic E-state index is 11.5. The molecule has 2 heterocycles. The summed E-state index contributed by atoms with van der Waals surface area (Å²) in [6.07, 6.45) is 7.60. The predicted octanol–water partition coefficient (Wildman–Crippen LogP) is 2.72. The highest BCUT2D eigenvalue weighted by Gasteiger charge is 2.25. The van der Waals surface area contributed by atoms with E-state index >= 15 is 0 Å². The van der Waals surface area contributed by atoms with Crippen molar-refractivity contribution in [1.82, 2.24) is 20.1 Å². The van der Waals surface area contributed by atoms with Crippen molar-refractivity contribution in [2.75, 3.05) is 5.75 Å². The van der Waals surface area contributed by atoms with Crippen LogP contribution in [0.1, 0.15) is 44.6 Å². The van der Waals surface area contributed by atoms with Crippen molar-refractivity contribution in [2.24, 2.45) is 5.73 Å². The van der Waals surface area contributed by atoms with Crippen LogP contribution < -0.4 is 11.1 Å². The highest BCUT2D eigenvalue weighted by atomic mass is 32.2. The third kappa shape index (κ3) is 4.41. The lowest BCUT2D eigenvalue weighted by molar-refractivity contribution is -0.119. The van der Waals surface area contributed by atoms with E-state index in [-0.39, 0.29) is 6.42 Å². The highest BCUT2D eigenvalue weighted by Crippen LogP contribution is 2.35. The van der Waals surface area contributed by atoms with E-state index in [0.717, 1.165) is 23.8 Å². The third-order valence-electron chi connectivity index (χ3n) is 4.17. The second-order valence-corrected chi connectivity index (χ2v) is 7.02. The SMILES string of the molecule is NC(=O)NC(=O)CCSc1nnc(-c2ccco2)n1C1CCCCC1. The van der Waals surface area contributed by atoms with E-state index < -0.39 is 11.9 Å². The Bertz CT molecular complexity index is 722. The van der Waals surface area contributed by atoms with Gasteiger partial charge in [-0.05, 0) is 25.0 Å². The summed E-state index contributed by atoms with van der Waals surface area (Å²) in [5.41, 5.74) is 4.94. The summed E-state index contributed by atoms with van der Waals surface area (Å²) in [5, 5.41) is 11.4. The topological polar surface area (TPSA) is 116 Å². The second kappa shape index (κ2) is 8.19. The van der Waals surface area contributed by atoms with Gasteiger partial charge in [-0.2, -0.15) is 0 Å². The lowest BCUT2D eigenvalue weighted by Gasteiger charge is -2.25. The number of hydrogen-bond donors (Lipinski definition) is 2. The number of nitrogens with two attached hydrogens (primary N) is 1. The molecule has 3 rings (SSSR count). The molecule has 1 aliphatic carbocycles. The van der Waals surface area contributed by atoms with Crippen molar-refractivity contribution in [3.63, 3.8) is 0 Å². The summed E-state index contributed by atoms with van der Waals surface area (Å²) in [6, 6.07) is 3.21. The Labute approximate surface area is 149 Å². The first-order chi connectivity index (χ1) is 12.1. The molecule has 134 valence electrons. The zero-order valence-electron chi connectivity index (χ0n) is 13.8. The zero-order chi connectivity index (χ0) is 17.6. The zero-order valence-corrected chi connectivity index (χ0v) is 14.6. The molecule has 3 amide bonds. The number of carbonyl (C=O) groups excluding carboxylic acids is 2. The van der Waals surface area contributed by atoms with E-state index in [1.54, 1.807) is 6.26 Å². The Balaban J connectivity index is 1.74. The number of imide groups is 1. The van der Waals surface area contributed by atoms with Crippen LogP contribution >= 0.6 is 11.8 Å². The molecule has 8 nitrogen and oxygen atoms in total. The van der Waals surface area contributed by atoms with E-state index in [0.29, 0.717) is 17.6 Å². The van der Waals surface area contributed by atoms with Crippen molar-refractivity contribution < 1.29 is 14.0 Å². The normalized spacial score (nSPS) is 15.2. The Morgan fingerprint density at radius 2 is 2.12 bits per heavy atom. The summed E-state index contributed by atoms with van der Waals surface area (Å²) in [4.78, 5) is 22.2. The first-order valence-electron chi connectivity index (χ1n) is 8.36. The van der Waals surface area contributed by atoms with Crippen LogP contribution in [-0.2, 0) is 4.79 Å². The molecule has 1 saturated carbocycles. The molecule has 0 bridgehead atoms. The van der Waals surface area contributed by atoms with Crippen molar-refractivity contribution in [3.8, 4) is 11.6 Å². The number of thioether (sulfide) groups is 1. The molecule has 2 aromatic heterocycles. The lowest BCUT2D eigenvalue weighted by Crippen LogP contribution is -2.35. The van der Waals surface area contributed by atoms with E-state index in [4.69, 9.17) is 10.2 Å². The van der Waals surface area contributed by atoms with Crippen LogP contribution in [0.15, 0.2) is 28.0 Å². The average Bonchev–Trinajstić information content (AvgIpc) is 3.24. The molecule has 3 N–H and O–H groups in total. The standard InChI is InChI=1S/C16H21N5O3S/c17-15(23)18-13(22)8-10-25-16-20-19-14(12-7-4-9-24-12)21(16)11-5-2-1-3-6-11/h4,7,9,11H,1-3,5-6,8,10H2,(H3,17,18,22,23). The maximum Gasteiger partial charge on any atom is 0.318 e. The lowest BCUT2D eigenvalue weighted by atomic mass is 9.95. The van der Waals surface area contributed by atoms with Crippen LogP contribution in [0.3, 0.4) is 0 Å². The van der Waals surface area contributed by atoms with E-state index in [1.165, 1.54) is 31.0 Å².